The molecular weight excluding hydrogens is 250 g/mol. The van der Waals surface area contributed by atoms with Gasteiger partial charge in [-0.2, -0.15) is 0 Å². The van der Waals surface area contributed by atoms with Gasteiger partial charge in [0.1, 0.15) is 0 Å². The van der Waals surface area contributed by atoms with Gasteiger partial charge in [-0.05, 0) is 39.3 Å². The minimum Gasteiger partial charge on any atom is -0.324 e. The standard InChI is InChI=1S/C16H31N3O/c1-6-13-17-14(12(2)3)15(20)19(13)11-16(18(4)5)9-7-8-10-16/h12-14,17H,6-11H2,1-5H3. The van der Waals surface area contributed by atoms with Crippen molar-refractivity contribution in [3.05, 3.63) is 0 Å². The van der Waals surface area contributed by atoms with E-state index in [4.69, 9.17) is 0 Å². The van der Waals surface area contributed by atoms with Crippen molar-refractivity contribution in [3.8, 4) is 0 Å². The Bertz CT molecular complexity index is 348. The molecule has 0 bridgehead atoms. The van der Waals surface area contributed by atoms with Crippen LogP contribution in [0.2, 0.25) is 0 Å². The number of hydrogen-bond acceptors (Lipinski definition) is 3. The van der Waals surface area contributed by atoms with Gasteiger partial charge in [0.15, 0.2) is 0 Å². The van der Waals surface area contributed by atoms with Crippen LogP contribution >= 0.6 is 0 Å². The number of likely N-dealkylation sites (N-methyl/N-ethyl adjacent to an activating group) is 1. The van der Waals surface area contributed by atoms with Crippen LogP contribution < -0.4 is 5.32 Å². The van der Waals surface area contributed by atoms with Crippen LogP contribution in [0.1, 0.15) is 52.9 Å². The van der Waals surface area contributed by atoms with Crippen LogP contribution in [0.5, 0.6) is 0 Å². The van der Waals surface area contributed by atoms with E-state index in [0.29, 0.717) is 11.8 Å². The summed E-state index contributed by atoms with van der Waals surface area (Å²) in [5.41, 5.74) is 0.191. The molecule has 4 nitrogen and oxygen atoms in total. The molecule has 116 valence electrons. The predicted molar refractivity (Wildman–Crippen MR) is 82.4 cm³/mol. The van der Waals surface area contributed by atoms with E-state index >= 15 is 0 Å². The summed E-state index contributed by atoms with van der Waals surface area (Å²) in [6.07, 6.45) is 6.21. The number of rotatable bonds is 5. The summed E-state index contributed by atoms with van der Waals surface area (Å²) in [6.45, 7) is 7.30. The summed E-state index contributed by atoms with van der Waals surface area (Å²) in [5, 5.41) is 3.53. The lowest BCUT2D eigenvalue weighted by atomic mass is 9.94. The first-order chi connectivity index (χ1) is 9.41. The fraction of sp³-hybridized carbons (Fsp3) is 0.938. The van der Waals surface area contributed by atoms with Crippen molar-refractivity contribution in [3.63, 3.8) is 0 Å². The monoisotopic (exact) mass is 281 g/mol. The van der Waals surface area contributed by atoms with E-state index < -0.39 is 0 Å². The van der Waals surface area contributed by atoms with Crippen LogP contribution in [0.15, 0.2) is 0 Å². The van der Waals surface area contributed by atoms with E-state index in [1.807, 2.05) is 0 Å². The van der Waals surface area contributed by atoms with Crippen molar-refractivity contribution in [2.45, 2.75) is 70.6 Å². The average molecular weight is 281 g/mol. The van der Waals surface area contributed by atoms with Gasteiger partial charge in [0.05, 0.1) is 12.2 Å². The van der Waals surface area contributed by atoms with Crippen LogP contribution in [-0.2, 0) is 4.79 Å². The molecule has 0 aromatic carbocycles. The van der Waals surface area contributed by atoms with Crippen molar-refractivity contribution in [1.29, 1.82) is 0 Å². The third kappa shape index (κ3) is 2.73. The van der Waals surface area contributed by atoms with Crippen molar-refractivity contribution in [1.82, 2.24) is 15.1 Å². The number of carbonyl (C=O) groups is 1. The Morgan fingerprint density at radius 3 is 2.40 bits per heavy atom. The third-order valence-electron chi connectivity index (χ3n) is 5.30. The first-order valence-electron chi connectivity index (χ1n) is 8.15. The molecule has 1 saturated heterocycles. The molecule has 0 aromatic rings. The van der Waals surface area contributed by atoms with Crippen molar-refractivity contribution < 1.29 is 4.79 Å². The molecule has 1 N–H and O–H groups in total. The molecule has 2 aliphatic rings. The van der Waals surface area contributed by atoms with Gasteiger partial charge in [-0.15, -0.1) is 0 Å². The highest BCUT2D eigenvalue weighted by Crippen LogP contribution is 2.36. The molecule has 2 fully saturated rings. The van der Waals surface area contributed by atoms with E-state index in [2.05, 4.69) is 50.0 Å². The summed E-state index contributed by atoms with van der Waals surface area (Å²) in [7, 11) is 4.33. The van der Waals surface area contributed by atoms with Crippen LogP contribution in [0.4, 0.5) is 0 Å². The molecule has 0 aromatic heterocycles. The molecular formula is C16H31N3O. The van der Waals surface area contributed by atoms with Crippen molar-refractivity contribution in [2.75, 3.05) is 20.6 Å². The lowest BCUT2D eigenvalue weighted by Gasteiger charge is -2.41. The number of nitrogens with one attached hydrogen (secondary N) is 1. The molecule has 2 unspecified atom stereocenters. The maximum Gasteiger partial charge on any atom is 0.241 e. The van der Waals surface area contributed by atoms with E-state index in [0.717, 1.165) is 13.0 Å². The molecule has 1 heterocycles. The maximum atomic E-state index is 12.7. The van der Waals surface area contributed by atoms with Gasteiger partial charge in [-0.25, -0.2) is 0 Å². The molecule has 4 heteroatoms. The zero-order valence-corrected chi connectivity index (χ0v) is 13.8. The SMILES string of the molecule is CCC1NC(C(C)C)C(=O)N1CC1(N(C)C)CCCC1. The minimum absolute atomic E-state index is 0.000523. The molecule has 0 spiro atoms. The molecule has 2 rings (SSSR count). The van der Waals surface area contributed by atoms with E-state index in [1.165, 1.54) is 25.7 Å². The first kappa shape index (κ1) is 15.8. The van der Waals surface area contributed by atoms with Gasteiger partial charge in [-0.1, -0.05) is 33.6 Å². The van der Waals surface area contributed by atoms with Crippen molar-refractivity contribution in [2.24, 2.45) is 5.92 Å². The highest BCUT2D eigenvalue weighted by Gasteiger charge is 2.45. The van der Waals surface area contributed by atoms with Crippen LogP contribution in [0.25, 0.3) is 0 Å². The smallest absolute Gasteiger partial charge is 0.241 e. The largest absolute Gasteiger partial charge is 0.324 e. The quantitative estimate of drug-likeness (QED) is 0.838. The Morgan fingerprint density at radius 2 is 1.95 bits per heavy atom. The van der Waals surface area contributed by atoms with Gasteiger partial charge in [0.25, 0.3) is 0 Å². The predicted octanol–water partition coefficient (Wildman–Crippen LogP) is 2.05. The number of carbonyl (C=O) groups excluding carboxylic acids is 1. The van der Waals surface area contributed by atoms with Gasteiger partial charge >= 0.3 is 0 Å². The lowest BCUT2D eigenvalue weighted by Crippen LogP contribution is -2.53. The van der Waals surface area contributed by atoms with E-state index in [9.17, 15) is 4.79 Å². The second-order valence-corrected chi connectivity index (χ2v) is 7.10. The van der Waals surface area contributed by atoms with Gasteiger partial charge in [0.2, 0.25) is 5.91 Å². The second kappa shape index (κ2) is 6.02. The molecule has 1 amide bonds. The Labute approximate surface area is 123 Å². The fourth-order valence-corrected chi connectivity index (χ4v) is 3.80. The lowest BCUT2D eigenvalue weighted by molar-refractivity contribution is -0.132. The molecule has 1 saturated carbocycles. The first-order valence-corrected chi connectivity index (χ1v) is 8.15. The zero-order valence-electron chi connectivity index (χ0n) is 13.8. The van der Waals surface area contributed by atoms with Gasteiger partial charge in [-0.3, -0.25) is 10.1 Å². The normalized spacial score (nSPS) is 29.9. The summed E-state index contributed by atoms with van der Waals surface area (Å²) in [5.74, 6) is 0.667. The summed E-state index contributed by atoms with van der Waals surface area (Å²) < 4.78 is 0. The summed E-state index contributed by atoms with van der Waals surface area (Å²) in [6, 6.07) is 0.000523. The third-order valence-corrected chi connectivity index (χ3v) is 5.30. The Balaban J connectivity index is 2.15. The van der Waals surface area contributed by atoms with Crippen LogP contribution in [0, 0.1) is 5.92 Å². The maximum absolute atomic E-state index is 12.7. The molecule has 1 aliphatic heterocycles. The highest BCUT2D eigenvalue weighted by molar-refractivity contribution is 5.84. The second-order valence-electron chi connectivity index (χ2n) is 7.10. The number of nitrogens with zero attached hydrogens (tertiary/aromatic N) is 2. The molecule has 20 heavy (non-hydrogen) atoms. The van der Waals surface area contributed by atoms with E-state index in [1.54, 1.807) is 0 Å². The van der Waals surface area contributed by atoms with Crippen molar-refractivity contribution >= 4 is 5.91 Å². The Hall–Kier alpha value is -0.610. The zero-order chi connectivity index (χ0) is 14.9. The minimum atomic E-state index is 0.000523. The van der Waals surface area contributed by atoms with Gasteiger partial charge in [0, 0.05) is 12.1 Å². The number of amides is 1. The summed E-state index contributed by atoms with van der Waals surface area (Å²) >= 11 is 0. The fourth-order valence-electron chi connectivity index (χ4n) is 3.80. The molecule has 2 atom stereocenters. The topological polar surface area (TPSA) is 35.6 Å². The van der Waals surface area contributed by atoms with Crippen LogP contribution in [-0.4, -0.2) is 54.1 Å². The average Bonchev–Trinajstić information content (AvgIpc) is 2.97. The summed E-state index contributed by atoms with van der Waals surface area (Å²) in [4.78, 5) is 17.2. The number of hydrogen-bond donors (Lipinski definition) is 1. The Kier molecular flexibility index (Phi) is 4.75. The highest BCUT2D eigenvalue weighted by atomic mass is 16.2. The van der Waals surface area contributed by atoms with E-state index in [-0.39, 0.29) is 17.7 Å². The Morgan fingerprint density at radius 1 is 1.35 bits per heavy atom. The molecule has 0 radical (unpaired) electrons. The molecule has 1 aliphatic carbocycles. The van der Waals surface area contributed by atoms with Gasteiger partial charge < -0.3 is 9.80 Å². The van der Waals surface area contributed by atoms with Crippen LogP contribution in [0.3, 0.4) is 0 Å².